The van der Waals surface area contributed by atoms with Crippen molar-refractivity contribution in [2.75, 3.05) is 12.0 Å². The zero-order valence-electron chi connectivity index (χ0n) is 7.90. The van der Waals surface area contributed by atoms with Crippen LogP contribution in [0, 0.1) is 14.2 Å². The van der Waals surface area contributed by atoms with E-state index in [0.717, 1.165) is 11.4 Å². The Morgan fingerprint density at radius 1 is 1.07 bits per heavy atom. The SMILES string of the molecule is [CH2-]OCNc1ccc(O[CH2-])cc1.[Y].[Y]. The van der Waals surface area contributed by atoms with E-state index in [9.17, 15) is 0 Å². The molecule has 0 unspecified atom stereocenters. The Morgan fingerprint density at radius 2 is 1.64 bits per heavy atom. The molecule has 3 nitrogen and oxygen atoms in total. The molecule has 0 bridgehead atoms. The zero-order chi connectivity index (χ0) is 8.81. The van der Waals surface area contributed by atoms with Gasteiger partial charge >= 0.3 is 0 Å². The van der Waals surface area contributed by atoms with Crippen LogP contribution in [0.4, 0.5) is 5.69 Å². The molecule has 72 valence electrons. The summed E-state index contributed by atoms with van der Waals surface area (Å²) in [5.41, 5.74) is 0.958. The molecule has 1 N–H and O–H groups in total. The predicted octanol–water partition coefficient (Wildman–Crippen LogP) is 2.03. The standard InChI is InChI=1S/C9H11NO2.2Y/c1-11-7-10-8-3-5-9(12-2)6-4-8;;/h3-6,10H,1-2,7H2;;/q-2;;. The van der Waals surface area contributed by atoms with Gasteiger partial charge in [-0.15, -0.1) is 0 Å². The van der Waals surface area contributed by atoms with Crippen molar-refractivity contribution in [1.82, 2.24) is 0 Å². The first-order chi connectivity index (χ1) is 5.86. The molecule has 1 rings (SSSR count). The summed E-state index contributed by atoms with van der Waals surface area (Å²) in [4.78, 5) is 0. The molecule has 0 spiro atoms. The van der Waals surface area contributed by atoms with Crippen LogP contribution in [0.2, 0.25) is 0 Å². The summed E-state index contributed by atoms with van der Waals surface area (Å²) in [7, 11) is 6.53. The minimum Gasteiger partial charge on any atom is -0.665 e. The molecule has 0 fully saturated rings. The smallest absolute Gasteiger partial charge is 0.0845 e. The minimum atomic E-state index is 0. The summed E-state index contributed by atoms with van der Waals surface area (Å²) in [6.07, 6.45) is 0. The van der Waals surface area contributed by atoms with Gasteiger partial charge in [-0.05, 0) is 24.3 Å². The summed E-state index contributed by atoms with van der Waals surface area (Å²) < 4.78 is 9.35. The number of hydrogen-bond donors (Lipinski definition) is 1. The molecule has 2 radical (unpaired) electrons. The van der Waals surface area contributed by atoms with Crippen LogP contribution in [0.3, 0.4) is 0 Å². The first kappa shape index (κ1) is 17.4. The van der Waals surface area contributed by atoms with Crippen LogP contribution in [0.25, 0.3) is 0 Å². The Balaban J connectivity index is 0. The minimum absolute atomic E-state index is 0. The van der Waals surface area contributed by atoms with Crippen molar-refractivity contribution in [3.63, 3.8) is 0 Å². The van der Waals surface area contributed by atoms with Crippen molar-refractivity contribution in [3.05, 3.63) is 38.5 Å². The number of anilines is 1. The maximum Gasteiger partial charge on any atom is 0.0845 e. The Kier molecular flexibility index (Phi) is 13.0. The fourth-order valence-electron chi connectivity index (χ4n) is 0.803. The van der Waals surface area contributed by atoms with Crippen LogP contribution in [0.15, 0.2) is 24.3 Å². The van der Waals surface area contributed by atoms with E-state index in [1.165, 1.54) is 0 Å². The van der Waals surface area contributed by atoms with Crippen LogP contribution in [-0.4, -0.2) is 6.73 Å². The largest absolute Gasteiger partial charge is 0.665 e. The predicted molar refractivity (Wildman–Crippen MR) is 47.4 cm³/mol. The van der Waals surface area contributed by atoms with Crippen LogP contribution in [0.1, 0.15) is 0 Å². The van der Waals surface area contributed by atoms with Crippen molar-refractivity contribution in [1.29, 1.82) is 0 Å². The van der Waals surface area contributed by atoms with E-state index in [1.807, 2.05) is 24.3 Å². The third-order valence-corrected chi connectivity index (χ3v) is 1.40. The molecular formula is C9H11NO2Y2-2. The molecule has 0 atom stereocenters. The molecule has 0 aliphatic rings. The van der Waals surface area contributed by atoms with E-state index in [4.69, 9.17) is 4.74 Å². The third-order valence-electron chi connectivity index (χ3n) is 1.40. The van der Waals surface area contributed by atoms with Crippen molar-refractivity contribution in [3.8, 4) is 5.75 Å². The Morgan fingerprint density at radius 3 is 2.07 bits per heavy atom. The Bertz CT molecular complexity index is 229. The fraction of sp³-hybridized carbons (Fsp3) is 0.111. The summed E-state index contributed by atoms with van der Waals surface area (Å²) in [5, 5.41) is 2.98. The van der Waals surface area contributed by atoms with Crippen LogP contribution in [-0.2, 0) is 70.2 Å². The van der Waals surface area contributed by atoms with Crippen LogP contribution < -0.4 is 10.1 Å². The van der Waals surface area contributed by atoms with Gasteiger partial charge in [0.2, 0.25) is 0 Å². The van der Waals surface area contributed by atoms with Crippen molar-refractivity contribution < 1.29 is 74.9 Å². The van der Waals surface area contributed by atoms with Gasteiger partial charge in [0.05, 0.1) is 12.5 Å². The van der Waals surface area contributed by atoms with E-state index < -0.39 is 0 Å². The van der Waals surface area contributed by atoms with E-state index in [2.05, 4.69) is 24.3 Å². The Hall–Kier alpha value is 0.988. The molecule has 1 aromatic rings. The van der Waals surface area contributed by atoms with E-state index in [0.29, 0.717) is 6.73 Å². The maximum absolute atomic E-state index is 4.75. The van der Waals surface area contributed by atoms with Crippen molar-refractivity contribution >= 4 is 5.69 Å². The summed E-state index contributed by atoms with van der Waals surface area (Å²) in [6, 6.07) is 7.38. The average Bonchev–Trinajstić information content (AvgIpc) is 2.15. The van der Waals surface area contributed by atoms with Gasteiger partial charge < -0.3 is 14.8 Å². The summed E-state index contributed by atoms with van der Waals surface area (Å²) in [6.45, 7) is 0.393. The van der Waals surface area contributed by atoms with E-state index >= 15 is 0 Å². The van der Waals surface area contributed by atoms with Gasteiger partial charge in [-0.2, -0.15) is 7.11 Å². The zero-order valence-corrected chi connectivity index (χ0v) is 13.6. The molecule has 0 amide bonds. The van der Waals surface area contributed by atoms with E-state index in [1.54, 1.807) is 0 Å². The topological polar surface area (TPSA) is 30.5 Å². The molecule has 0 aliphatic heterocycles. The van der Waals surface area contributed by atoms with E-state index in [-0.39, 0.29) is 65.4 Å². The van der Waals surface area contributed by atoms with Crippen LogP contribution in [0.5, 0.6) is 5.75 Å². The van der Waals surface area contributed by atoms with Gasteiger partial charge in [-0.25, -0.2) is 7.11 Å². The molecule has 0 aliphatic carbocycles. The maximum atomic E-state index is 4.75. The summed E-state index contributed by atoms with van der Waals surface area (Å²) in [5.74, 6) is 0.732. The van der Waals surface area contributed by atoms with Gasteiger partial charge in [-0.3, -0.25) is 0 Å². The normalized spacial score (nSPS) is 8.14. The quantitative estimate of drug-likeness (QED) is 0.671. The molecule has 0 heterocycles. The molecule has 0 saturated carbocycles. The molecule has 0 aromatic heterocycles. The molecule has 0 saturated heterocycles. The van der Waals surface area contributed by atoms with Gasteiger partial charge in [0.15, 0.2) is 0 Å². The van der Waals surface area contributed by atoms with Crippen LogP contribution >= 0.6 is 0 Å². The second-order valence-electron chi connectivity index (χ2n) is 2.19. The van der Waals surface area contributed by atoms with Crippen molar-refractivity contribution in [2.24, 2.45) is 0 Å². The fourth-order valence-corrected chi connectivity index (χ4v) is 0.803. The second-order valence-corrected chi connectivity index (χ2v) is 2.19. The average molecular weight is 343 g/mol. The number of ether oxygens (including phenoxy) is 2. The molecule has 5 heteroatoms. The monoisotopic (exact) mass is 343 g/mol. The summed E-state index contributed by atoms with van der Waals surface area (Å²) >= 11 is 0. The number of hydrogen-bond acceptors (Lipinski definition) is 3. The van der Waals surface area contributed by atoms with Gasteiger partial charge in [0.25, 0.3) is 0 Å². The number of nitrogens with one attached hydrogen (secondary N) is 1. The first-order valence-corrected chi connectivity index (χ1v) is 3.50. The molecular weight excluding hydrogens is 332 g/mol. The van der Waals surface area contributed by atoms with Crippen molar-refractivity contribution in [2.45, 2.75) is 0 Å². The number of benzene rings is 1. The third kappa shape index (κ3) is 6.47. The number of rotatable bonds is 4. The Labute approximate surface area is 135 Å². The first-order valence-electron chi connectivity index (χ1n) is 3.50. The molecule has 1 aromatic carbocycles. The van der Waals surface area contributed by atoms with Gasteiger partial charge in [0, 0.05) is 71.1 Å². The second kappa shape index (κ2) is 10.5. The molecule has 14 heavy (non-hydrogen) atoms. The van der Waals surface area contributed by atoms with Gasteiger partial charge in [-0.1, -0.05) is 0 Å². The van der Waals surface area contributed by atoms with Gasteiger partial charge in [0.1, 0.15) is 0 Å².